The molecule has 0 aliphatic rings. The molecule has 1 aromatic rings. The van der Waals surface area contributed by atoms with Crippen LogP contribution in [0, 0.1) is 0 Å². The molecule has 0 saturated carbocycles. The van der Waals surface area contributed by atoms with Crippen LogP contribution in [0.4, 0.5) is 0 Å². The van der Waals surface area contributed by atoms with Crippen molar-refractivity contribution < 1.29 is 19.4 Å². The summed E-state index contributed by atoms with van der Waals surface area (Å²) in [4.78, 5) is 0. The Labute approximate surface area is 88.7 Å². The monoisotopic (exact) mass is 215 g/mol. The van der Waals surface area contributed by atoms with Gasteiger partial charge in [0.2, 0.25) is 0 Å². The van der Waals surface area contributed by atoms with E-state index in [1.54, 1.807) is 19.2 Å². The molecular weight excluding hydrogens is 198 g/mol. The third-order valence-electron chi connectivity index (χ3n) is 2.03. The summed E-state index contributed by atoms with van der Waals surface area (Å²) in [6.07, 6.45) is 0. The highest BCUT2D eigenvalue weighted by atomic mass is 16.5. The number of hydrogen-bond acceptors (Lipinski definition) is 5. The van der Waals surface area contributed by atoms with Gasteiger partial charge in [-0.3, -0.25) is 0 Å². The number of hydrogen-bond donors (Lipinski definition) is 3. The first-order valence-electron chi connectivity index (χ1n) is 4.81. The van der Waals surface area contributed by atoms with Crippen molar-refractivity contribution in [2.45, 2.75) is 19.2 Å². The van der Waals surface area contributed by atoms with E-state index in [4.69, 9.17) is 19.4 Å². The lowest BCUT2D eigenvalue weighted by Gasteiger charge is -2.13. The summed E-state index contributed by atoms with van der Waals surface area (Å²) in [6.45, 7) is 0.877. The predicted octanol–water partition coefficient (Wildman–Crippen LogP) is -0.131. The van der Waals surface area contributed by atoms with E-state index in [0.717, 1.165) is 5.76 Å². The molecule has 5 heteroatoms. The molecule has 5 nitrogen and oxygen atoms in total. The van der Waals surface area contributed by atoms with E-state index >= 15 is 0 Å². The zero-order chi connectivity index (χ0) is 11.1. The molecule has 0 aliphatic carbocycles. The third kappa shape index (κ3) is 4.01. The second kappa shape index (κ2) is 6.58. The van der Waals surface area contributed by atoms with Crippen LogP contribution in [0.15, 0.2) is 16.5 Å². The maximum Gasteiger partial charge on any atom is 0.129 e. The van der Waals surface area contributed by atoms with E-state index < -0.39 is 0 Å². The highest BCUT2D eigenvalue weighted by Crippen LogP contribution is 2.07. The Balaban J connectivity index is 2.34. The molecular formula is C10H17NO4. The SMILES string of the molecule is COCC(CO)NCc1ccc(CO)o1. The minimum atomic E-state index is -0.0994. The fraction of sp³-hybridized carbons (Fsp3) is 0.600. The van der Waals surface area contributed by atoms with E-state index in [1.165, 1.54) is 0 Å². The number of nitrogens with one attached hydrogen (secondary N) is 1. The molecule has 0 aromatic carbocycles. The van der Waals surface area contributed by atoms with Crippen molar-refractivity contribution in [2.24, 2.45) is 0 Å². The normalized spacial score (nSPS) is 13.0. The quantitative estimate of drug-likeness (QED) is 0.590. The zero-order valence-corrected chi connectivity index (χ0v) is 8.77. The minimum Gasteiger partial charge on any atom is -0.462 e. The fourth-order valence-corrected chi connectivity index (χ4v) is 1.22. The van der Waals surface area contributed by atoms with Crippen molar-refractivity contribution >= 4 is 0 Å². The Morgan fingerprint density at radius 2 is 2.13 bits per heavy atom. The number of furan rings is 1. The summed E-state index contributed by atoms with van der Waals surface area (Å²) in [5.41, 5.74) is 0. The van der Waals surface area contributed by atoms with E-state index in [9.17, 15) is 0 Å². The van der Waals surface area contributed by atoms with Gasteiger partial charge in [0.15, 0.2) is 0 Å². The van der Waals surface area contributed by atoms with E-state index in [1.807, 2.05) is 0 Å². The number of aliphatic hydroxyl groups excluding tert-OH is 2. The summed E-state index contributed by atoms with van der Waals surface area (Å²) >= 11 is 0. The van der Waals surface area contributed by atoms with Gasteiger partial charge in [0.1, 0.15) is 18.1 Å². The summed E-state index contributed by atoms with van der Waals surface area (Å²) in [5.74, 6) is 1.27. The van der Waals surface area contributed by atoms with Crippen LogP contribution in [0.1, 0.15) is 11.5 Å². The third-order valence-corrected chi connectivity index (χ3v) is 2.03. The van der Waals surface area contributed by atoms with Gasteiger partial charge in [0, 0.05) is 7.11 Å². The largest absolute Gasteiger partial charge is 0.462 e. The zero-order valence-electron chi connectivity index (χ0n) is 8.77. The maximum atomic E-state index is 8.97. The maximum absolute atomic E-state index is 8.97. The number of methoxy groups -OCH3 is 1. The topological polar surface area (TPSA) is 74.9 Å². The number of aliphatic hydroxyl groups is 2. The Kier molecular flexibility index (Phi) is 5.34. The highest BCUT2D eigenvalue weighted by molar-refractivity contribution is 5.06. The molecule has 1 aromatic heterocycles. The summed E-state index contributed by atoms with van der Waals surface area (Å²) in [6, 6.07) is 3.42. The molecule has 3 N–H and O–H groups in total. The molecule has 1 atom stereocenters. The molecule has 0 spiro atoms. The first-order valence-corrected chi connectivity index (χ1v) is 4.81. The summed E-state index contributed by atoms with van der Waals surface area (Å²) in [7, 11) is 1.58. The van der Waals surface area contributed by atoms with Crippen molar-refractivity contribution in [3.63, 3.8) is 0 Å². The van der Waals surface area contributed by atoms with Crippen LogP contribution in [-0.4, -0.2) is 36.6 Å². The summed E-state index contributed by atoms with van der Waals surface area (Å²) < 4.78 is 10.2. The van der Waals surface area contributed by atoms with E-state index in [0.29, 0.717) is 18.9 Å². The first kappa shape index (κ1) is 12.2. The lowest BCUT2D eigenvalue weighted by molar-refractivity contribution is 0.126. The second-order valence-corrected chi connectivity index (χ2v) is 3.24. The molecule has 1 unspecified atom stereocenters. The van der Waals surface area contributed by atoms with Gasteiger partial charge in [-0.25, -0.2) is 0 Å². The molecule has 86 valence electrons. The van der Waals surface area contributed by atoms with Crippen molar-refractivity contribution in [1.82, 2.24) is 5.32 Å². The average molecular weight is 215 g/mol. The molecule has 0 amide bonds. The average Bonchev–Trinajstić information content (AvgIpc) is 2.72. The van der Waals surface area contributed by atoms with Crippen molar-refractivity contribution in [3.8, 4) is 0 Å². The van der Waals surface area contributed by atoms with Crippen LogP contribution in [0.25, 0.3) is 0 Å². The smallest absolute Gasteiger partial charge is 0.129 e. The van der Waals surface area contributed by atoms with Gasteiger partial charge in [0.05, 0.1) is 25.8 Å². The van der Waals surface area contributed by atoms with Crippen LogP contribution in [-0.2, 0) is 17.9 Å². The number of rotatable bonds is 7. The van der Waals surface area contributed by atoms with Gasteiger partial charge in [-0.1, -0.05) is 0 Å². The van der Waals surface area contributed by atoms with Gasteiger partial charge in [-0.15, -0.1) is 0 Å². The van der Waals surface area contributed by atoms with E-state index in [-0.39, 0.29) is 19.3 Å². The Morgan fingerprint density at radius 1 is 1.40 bits per heavy atom. The lowest BCUT2D eigenvalue weighted by atomic mass is 10.3. The lowest BCUT2D eigenvalue weighted by Crippen LogP contribution is -2.35. The van der Waals surface area contributed by atoms with Gasteiger partial charge in [0.25, 0.3) is 0 Å². The van der Waals surface area contributed by atoms with Gasteiger partial charge in [-0.2, -0.15) is 0 Å². The molecule has 0 bridgehead atoms. The molecule has 0 saturated heterocycles. The Hall–Kier alpha value is -0.880. The molecule has 0 fully saturated rings. The van der Waals surface area contributed by atoms with Crippen molar-refractivity contribution in [1.29, 1.82) is 0 Å². The molecule has 0 radical (unpaired) electrons. The minimum absolute atomic E-state index is 0.0153. The Morgan fingerprint density at radius 3 is 2.67 bits per heavy atom. The molecule has 15 heavy (non-hydrogen) atoms. The molecule has 1 heterocycles. The van der Waals surface area contributed by atoms with Crippen LogP contribution < -0.4 is 5.32 Å². The number of ether oxygens (including phenoxy) is 1. The van der Waals surface area contributed by atoms with Gasteiger partial charge in [-0.05, 0) is 12.1 Å². The standard InChI is InChI=1S/C10H17NO4/c1-14-7-8(5-12)11-4-9-2-3-10(6-13)15-9/h2-3,8,11-13H,4-7H2,1H3. The van der Waals surface area contributed by atoms with Crippen LogP contribution in [0.2, 0.25) is 0 Å². The Bertz CT molecular complexity index is 274. The summed E-state index contributed by atoms with van der Waals surface area (Å²) in [5, 5.41) is 20.8. The predicted molar refractivity (Wildman–Crippen MR) is 54.2 cm³/mol. The molecule has 0 aliphatic heterocycles. The van der Waals surface area contributed by atoms with Gasteiger partial charge >= 0.3 is 0 Å². The molecule has 1 rings (SSSR count). The first-order chi connectivity index (χ1) is 7.30. The van der Waals surface area contributed by atoms with Crippen LogP contribution >= 0.6 is 0 Å². The fourth-order valence-electron chi connectivity index (χ4n) is 1.22. The van der Waals surface area contributed by atoms with Crippen LogP contribution in [0.3, 0.4) is 0 Å². The van der Waals surface area contributed by atoms with E-state index in [2.05, 4.69) is 5.32 Å². The van der Waals surface area contributed by atoms with Gasteiger partial charge < -0.3 is 24.7 Å². The van der Waals surface area contributed by atoms with Crippen molar-refractivity contribution in [3.05, 3.63) is 23.7 Å². The second-order valence-electron chi connectivity index (χ2n) is 3.24. The van der Waals surface area contributed by atoms with Crippen molar-refractivity contribution in [2.75, 3.05) is 20.3 Å². The highest BCUT2D eigenvalue weighted by Gasteiger charge is 2.07. The van der Waals surface area contributed by atoms with Crippen LogP contribution in [0.5, 0.6) is 0 Å².